The van der Waals surface area contributed by atoms with E-state index >= 15 is 0 Å². The first kappa shape index (κ1) is 18.8. The lowest BCUT2D eigenvalue weighted by molar-refractivity contribution is 0.0951. The van der Waals surface area contributed by atoms with Gasteiger partial charge in [0.25, 0.3) is 5.91 Å². The van der Waals surface area contributed by atoms with Gasteiger partial charge in [-0.15, -0.1) is 11.3 Å². The molecule has 0 bridgehead atoms. The van der Waals surface area contributed by atoms with Gasteiger partial charge in [-0.2, -0.15) is 0 Å². The summed E-state index contributed by atoms with van der Waals surface area (Å²) in [4.78, 5) is 25.8. The van der Waals surface area contributed by atoms with E-state index in [-0.39, 0.29) is 11.7 Å². The molecule has 0 radical (unpaired) electrons. The van der Waals surface area contributed by atoms with Crippen LogP contribution in [0, 0.1) is 0 Å². The molecule has 29 heavy (non-hydrogen) atoms. The Morgan fingerprint density at radius 1 is 1.07 bits per heavy atom. The van der Waals surface area contributed by atoms with Crippen LogP contribution >= 0.6 is 11.3 Å². The van der Waals surface area contributed by atoms with Gasteiger partial charge in [0.15, 0.2) is 5.69 Å². The zero-order valence-electron chi connectivity index (χ0n) is 15.5. The monoisotopic (exact) mass is 405 g/mol. The number of phenolic OH excluding ortho intramolecular Hbond substituents is 1. The molecule has 0 saturated carbocycles. The van der Waals surface area contributed by atoms with Crippen LogP contribution < -0.4 is 10.6 Å². The number of thiophene rings is 1. The lowest BCUT2D eigenvalue weighted by Gasteiger charge is -2.09. The molecule has 0 unspecified atom stereocenters. The van der Waals surface area contributed by atoms with Crippen molar-refractivity contribution in [3.8, 4) is 5.75 Å². The average Bonchev–Trinajstić information content (AvgIpc) is 3.22. The molecule has 1 amide bonds. The third kappa shape index (κ3) is 4.67. The van der Waals surface area contributed by atoms with E-state index in [0.717, 1.165) is 21.3 Å². The van der Waals surface area contributed by atoms with Crippen LogP contribution in [0.1, 0.15) is 21.6 Å². The molecular weight excluding hydrogens is 386 g/mol. The Bertz CT molecular complexity index is 1110. The van der Waals surface area contributed by atoms with E-state index in [1.54, 1.807) is 24.5 Å². The van der Waals surface area contributed by atoms with Gasteiger partial charge >= 0.3 is 0 Å². The Hall–Kier alpha value is -3.52. The number of nitrogens with zero attached hydrogens (tertiary/aromatic N) is 3. The largest absolute Gasteiger partial charge is 0.508 e. The molecule has 4 aromatic rings. The maximum Gasteiger partial charge on any atom is 0.271 e. The minimum absolute atomic E-state index is 0.227. The molecule has 8 heteroatoms. The summed E-state index contributed by atoms with van der Waals surface area (Å²) in [5.41, 5.74) is 3.14. The van der Waals surface area contributed by atoms with Crippen LogP contribution in [0.4, 0.5) is 5.95 Å². The molecule has 146 valence electrons. The molecule has 1 aromatic carbocycles. The number of benzene rings is 1. The summed E-state index contributed by atoms with van der Waals surface area (Å²) in [6.45, 7) is 0.990. The van der Waals surface area contributed by atoms with Gasteiger partial charge in [-0.3, -0.25) is 9.78 Å². The zero-order valence-corrected chi connectivity index (χ0v) is 16.3. The SMILES string of the molecule is O=C(NCCc1ccc(O)cc1)c1nc(NCc2cccnc2)nc2ccsc12. The quantitative estimate of drug-likeness (QED) is 0.436. The van der Waals surface area contributed by atoms with Crippen molar-refractivity contribution in [1.29, 1.82) is 0 Å². The van der Waals surface area contributed by atoms with Gasteiger partial charge in [-0.05, 0) is 47.2 Å². The van der Waals surface area contributed by atoms with Crippen LogP contribution in [0.2, 0.25) is 0 Å². The van der Waals surface area contributed by atoms with Crippen molar-refractivity contribution in [3.63, 3.8) is 0 Å². The molecule has 0 aliphatic rings. The van der Waals surface area contributed by atoms with Gasteiger partial charge in [0.05, 0.1) is 10.2 Å². The van der Waals surface area contributed by atoms with Crippen molar-refractivity contribution in [3.05, 3.63) is 77.1 Å². The number of carbonyl (C=O) groups is 1. The number of hydrogen-bond donors (Lipinski definition) is 3. The third-order valence-electron chi connectivity index (χ3n) is 4.33. The van der Waals surface area contributed by atoms with Gasteiger partial charge in [-0.1, -0.05) is 18.2 Å². The highest BCUT2D eigenvalue weighted by Crippen LogP contribution is 2.23. The van der Waals surface area contributed by atoms with Crippen LogP contribution in [0.15, 0.2) is 60.2 Å². The van der Waals surface area contributed by atoms with E-state index in [4.69, 9.17) is 0 Å². The van der Waals surface area contributed by atoms with Crippen molar-refractivity contribution in [2.45, 2.75) is 13.0 Å². The molecule has 0 aliphatic carbocycles. The molecule has 3 N–H and O–H groups in total. The van der Waals surface area contributed by atoms with Gasteiger partial charge < -0.3 is 15.7 Å². The molecular formula is C21H19N5O2S. The summed E-state index contributed by atoms with van der Waals surface area (Å²) in [5.74, 6) is 0.400. The number of amides is 1. The summed E-state index contributed by atoms with van der Waals surface area (Å²) >= 11 is 1.45. The number of aromatic hydroxyl groups is 1. The fraction of sp³-hybridized carbons (Fsp3) is 0.143. The van der Waals surface area contributed by atoms with E-state index in [2.05, 4.69) is 25.6 Å². The van der Waals surface area contributed by atoms with E-state index in [1.165, 1.54) is 11.3 Å². The normalized spacial score (nSPS) is 10.8. The van der Waals surface area contributed by atoms with Gasteiger partial charge in [0, 0.05) is 25.5 Å². The van der Waals surface area contributed by atoms with Gasteiger partial charge in [0.1, 0.15) is 5.75 Å². The Morgan fingerprint density at radius 3 is 2.72 bits per heavy atom. The van der Waals surface area contributed by atoms with E-state index in [1.807, 2.05) is 35.7 Å². The number of rotatable bonds is 7. The Balaban J connectivity index is 1.45. The van der Waals surface area contributed by atoms with Crippen LogP contribution in [-0.2, 0) is 13.0 Å². The summed E-state index contributed by atoms with van der Waals surface area (Å²) < 4.78 is 0.763. The summed E-state index contributed by atoms with van der Waals surface area (Å²) in [7, 11) is 0. The maximum absolute atomic E-state index is 12.8. The first-order valence-corrected chi connectivity index (χ1v) is 10.0. The Morgan fingerprint density at radius 2 is 1.93 bits per heavy atom. The van der Waals surface area contributed by atoms with Gasteiger partial charge in [-0.25, -0.2) is 9.97 Å². The van der Waals surface area contributed by atoms with Crippen LogP contribution in [0.25, 0.3) is 10.2 Å². The van der Waals surface area contributed by atoms with Crippen molar-refractivity contribution in [2.24, 2.45) is 0 Å². The Labute approximate surface area is 171 Å². The highest BCUT2D eigenvalue weighted by molar-refractivity contribution is 7.17. The minimum Gasteiger partial charge on any atom is -0.508 e. The lowest BCUT2D eigenvalue weighted by Crippen LogP contribution is -2.27. The number of nitrogens with one attached hydrogen (secondary N) is 2. The third-order valence-corrected chi connectivity index (χ3v) is 5.24. The predicted octanol–water partition coefficient (Wildman–Crippen LogP) is 3.38. The summed E-state index contributed by atoms with van der Waals surface area (Å²) in [6, 6.07) is 12.7. The van der Waals surface area contributed by atoms with Crippen LogP contribution in [0.3, 0.4) is 0 Å². The molecule has 0 spiro atoms. The topological polar surface area (TPSA) is 100 Å². The first-order chi connectivity index (χ1) is 14.2. The van der Waals surface area contributed by atoms with E-state index < -0.39 is 0 Å². The molecule has 7 nitrogen and oxygen atoms in total. The highest BCUT2D eigenvalue weighted by atomic mass is 32.1. The number of hydrogen-bond acceptors (Lipinski definition) is 7. The minimum atomic E-state index is -0.233. The number of pyridine rings is 1. The smallest absolute Gasteiger partial charge is 0.271 e. The summed E-state index contributed by atoms with van der Waals surface area (Å²) in [6.07, 6.45) is 4.15. The number of anilines is 1. The maximum atomic E-state index is 12.8. The first-order valence-electron chi connectivity index (χ1n) is 9.13. The number of carbonyl (C=O) groups excluding carboxylic acids is 1. The van der Waals surface area contributed by atoms with Gasteiger partial charge in [0.2, 0.25) is 5.95 Å². The van der Waals surface area contributed by atoms with E-state index in [9.17, 15) is 9.90 Å². The molecule has 0 aliphatic heterocycles. The van der Waals surface area contributed by atoms with Crippen LogP contribution in [-0.4, -0.2) is 32.5 Å². The second-order valence-electron chi connectivity index (χ2n) is 6.42. The standard InChI is InChI=1S/C21H19N5O2S/c27-16-5-3-14(4-6-16)7-10-23-20(28)18-19-17(8-11-29-19)25-21(26-18)24-13-15-2-1-9-22-12-15/h1-6,8-9,11-12,27H,7,10,13H2,(H,23,28)(H,24,25,26). The lowest BCUT2D eigenvalue weighted by atomic mass is 10.1. The molecule has 4 rings (SSSR count). The van der Waals surface area contributed by atoms with Crippen molar-refractivity contribution in [1.82, 2.24) is 20.3 Å². The number of aromatic nitrogens is 3. The second kappa shape index (κ2) is 8.66. The second-order valence-corrected chi connectivity index (χ2v) is 7.33. The molecule has 3 heterocycles. The fourth-order valence-corrected chi connectivity index (χ4v) is 3.66. The van der Waals surface area contributed by atoms with Crippen molar-refractivity contribution < 1.29 is 9.90 Å². The predicted molar refractivity (Wildman–Crippen MR) is 113 cm³/mol. The molecule has 0 atom stereocenters. The fourth-order valence-electron chi connectivity index (χ4n) is 2.85. The highest BCUT2D eigenvalue weighted by Gasteiger charge is 2.16. The van der Waals surface area contributed by atoms with Crippen molar-refractivity contribution >= 4 is 33.4 Å². The number of phenols is 1. The molecule has 0 fully saturated rings. The van der Waals surface area contributed by atoms with E-state index in [0.29, 0.717) is 31.2 Å². The van der Waals surface area contributed by atoms with Crippen LogP contribution in [0.5, 0.6) is 5.75 Å². The van der Waals surface area contributed by atoms with Crippen molar-refractivity contribution in [2.75, 3.05) is 11.9 Å². The summed E-state index contributed by atoms with van der Waals surface area (Å²) in [5, 5.41) is 17.3. The Kier molecular flexibility index (Phi) is 5.62. The number of fused-ring (bicyclic) bond motifs is 1. The average molecular weight is 405 g/mol. The zero-order chi connectivity index (χ0) is 20.1. The molecule has 3 aromatic heterocycles. The molecule has 0 saturated heterocycles.